The fraction of sp³-hybridized carbons (Fsp3) is 0.357. The van der Waals surface area contributed by atoms with Gasteiger partial charge in [-0.15, -0.1) is 19.0 Å². The number of rotatable bonds is 9. The molecule has 1 aromatic rings. The Morgan fingerprint density at radius 2 is 1.86 bits per heavy atom. The molecule has 0 aliphatic heterocycles. The SMILES string of the molecule is C=CCNS(=O)(=O)c1ccc(C(=O)NCCNCC)cc1.Cl. The van der Waals surface area contributed by atoms with E-state index in [0.29, 0.717) is 18.7 Å². The van der Waals surface area contributed by atoms with Gasteiger partial charge in [0.05, 0.1) is 4.90 Å². The van der Waals surface area contributed by atoms with Crippen LogP contribution in [0.15, 0.2) is 41.8 Å². The number of carbonyl (C=O) groups is 1. The maximum atomic E-state index is 11.8. The number of halogens is 1. The second-order valence-corrected chi connectivity index (χ2v) is 6.04. The van der Waals surface area contributed by atoms with Crippen LogP contribution in [0.2, 0.25) is 0 Å². The lowest BCUT2D eigenvalue weighted by molar-refractivity contribution is 0.0954. The number of hydrogen-bond donors (Lipinski definition) is 3. The number of sulfonamides is 1. The lowest BCUT2D eigenvalue weighted by Crippen LogP contribution is -2.31. The van der Waals surface area contributed by atoms with Crippen LogP contribution in [0.5, 0.6) is 0 Å². The fourth-order valence-corrected chi connectivity index (χ4v) is 2.58. The van der Waals surface area contributed by atoms with E-state index in [1.165, 1.54) is 30.3 Å². The highest BCUT2D eigenvalue weighted by Gasteiger charge is 2.13. The molecule has 1 amide bonds. The van der Waals surface area contributed by atoms with Crippen LogP contribution in [-0.2, 0) is 10.0 Å². The van der Waals surface area contributed by atoms with Crippen molar-refractivity contribution in [2.75, 3.05) is 26.2 Å². The van der Waals surface area contributed by atoms with E-state index in [9.17, 15) is 13.2 Å². The van der Waals surface area contributed by atoms with Gasteiger partial charge in [-0.1, -0.05) is 13.0 Å². The number of amides is 1. The average Bonchev–Trinajstić information content (AvgIpc) is 2.49. The molecular formula is C14H22ClN3O3S. The predicted molar refractivity (Wildman–Crippen MR) is 90.0 cm³/mol. The molecule has 0 saturated carbocycles. The molecule has 0 radical (unpaired) electrons. The van der Waals surface area contributed by atoms with Crippen LogP contribution in [0.4, 0.5) is 0 Å². The molecule has 3 N–H and O–H groups in total. The van der Waals surface area contributed by atoms with Crippen molar-refractivity contribution >= 4 is 28.3 Å². The first kappa shape index (κ1) is 20.6. The van der Waals surface area contributed by atoms with Crippen LogP contribution in [0.3, 0.4) is 0 Å². The number of likely N-dealkylation sites (N-methyl/N-ethyl adjacent to an activating group) is 1. The fourth-order valence-electron chi connectivity index (χ4n) is 1.58. The summed E-state index contributed by atoms with van der Waals surface area (Å²) in [6, 6.07) is 5.80. The van der Waals surface area contributed by atoms with Crippen molar-refractivity contribution in [2.45, 2.75) is 11.8 Å². The van der Waals surface area contributed by atoms with Crippen LogP contribution in [0.1, 0.15) is 17.3 Å². The first-order valence-electron chi connectivity index (χ1n) is 6.70. The van der Waals surface area contributed by atoms with Crippen molar-refractivity contribution in [3.63, 3.8) is 0 Å². The molecule has 1 rings (SSSR count). The number of carbonyl (C=O) groups excluding carboxylic acids is 1. The van der Waals surface area contributed by atoms with E-state index in [-0.39, 0.29) is 29.8 Å². The summed E-state index contributed by atoms with van der Waals surface area (Å²) in [6.07, 6.45) is 1.46. The molecular weight excluding hydrogens is 326 g/mol. The van der Waals surface area contributed by atoms with Gasteiger partial charge in [0.2, 0.25) is 10.0 Å². The third kappa shape index (κ3) is 6.57. The topological polar surface area (TPSA) is 87.3 Å². The maximum absolute atomic E-state index is 11.8. The summed E-state index contributed by atoms with van der Waals surface area (Å²) in [4.78, 5) is 11.9. The normalized spacial score (nSPS) is 10.6. The Balaban J connectivity index is 0.00000441. The molecule has 0 aliphatic carbocycles. The molecule has 0 bridgehead atoms. The highest BCUT2D eigenvalue weighted by Crippen LogP contribution is 2.10. The predicted octanol–water partition coefficient (Wildman–Crippen LogP) is 0.912. The minimum atomic E-state index is -3.55. The molecule has 0 aliphatic rings. The van der Waals surface area contributed by atoms with Gasteiger partial charge in [-0.25, -0.2) is 13.1 Å². The molecule has 6 nitrogen and oxygen atoms in total. The summed E-state index contributed by atoms with van der Waals surface area (Å²) >= 11 is 0. The summed E-state index contributed by atoms with van der Waals surface area (Å²) in [5, 5.41) is 5.84. The molecule has 0 aromatic heterocycles. The van der Waals surface area contributed by atoms with Gasteiger partial charge in [0.25, 0.3) is 5.91 Å². The Bertz CT molecular complexity index is 574. The third-order valence-electron chi connectivity index (χ3n) is 2.68. The molecule has 0 unspecified atom stereocenters. The zero-order chi connectivity index (χ0) is 15.7. The van der Waals surface area contributed by atoms with Gasteiger partial charge in [0.1, 0.15) is 0 Å². The maximum Gasteiger partial charge on any atom is 0.251 e. The molecule has 0 heterocycles. The van der Waals surface area contributed by atoms with E-state index in [4.69, 9.17) is 0 Å². The van der Waals surface area contributed by atoms with Gasteiger partial charge in [-0.2, -0.15) is 0 Å². The second kappa shape index (κ2) is 10.3. The Kier molecular flexibility index (Phi) is 9.68. The minimum absolute atomic E-state index is 0. The summed E-state index contributed by atoms with van der Waals surface area (Å²) in [5.41, 5.74) is 0.425. The van der Waals surface area contributed by atoms with Crippen LogP contribution in [0.25, 0.3) is 0 Å². The van der Waals surface area contributed by atoms with Crippen molar-refractivity contribution < 1.29 is 13.2 Å². The van der Waals surface area contributed by atoms with Crippen LogP contribution in [0, 0.1) is 0 Å². The Hall–Kier alpha value is -1.41. The van der Waals surface area contributed by atoms with E-state index in [1.807, 2.05) is 6.92 Å². The van der Waals surface area contributed by atoms with Gasteiger partial charge in [0, 0.05) is 25.2 Å². The highest BCUT2D eigenvalue weighted by molar-refractivity contribution is 7.89. The highest BCUT2D eigenvalue weighted by atomic mass is 35.5. The first-order chi connectivity index (χ1) is 10.0. The number of benzene rings is 1. The Labute approximate surface area is 137 Å². The summed E-state index contributed by atoms with van der Waals surface area (Å²) in [7, 11) is -3.55. The summed E-state index contributed by atoms with van der Waals surface area (Å²) < 4.78 is 26.1. The molecule has 0 saturated heterocycles. The van der Waals surface area contributed by atoms with Crippen LogP contribution < -0.4 is 15.4 Å². The van der Waals surface area contributed by atoms with Crippen molar-refractivity contribution in [2.24, 2.45) is 0 Å². The van der Waals surface area contributed by atoms with Crippen molar-refractivity contribution in [3.8, 4) is 0 Å². The van der Waals surface area contributed by atoms with Crippen LogP contribution >= 0.6 is 12.4 Å². The van der Waals surface area contributed by atoms with E-state index in [2.05, 4.69) is 21.9 Å². The number of nitrogens with one attached hydrogen (secondary N) is 3. The monoisotopic (exact) mass is 347 g/mol. The molecule has 0 atom stereocenters. The minimum Gasteiger partial charge on any atom is -0.351 e. The quantitative estimate of drug-likeness (QED) is 0.458. The zero-order valence-corrected chi connectivity index (χ0v) is 14.1. The smallest absolute Gasteiger partial charge is 0.251 e. The second-order valence-electron chi connectivity index (χ2n) is 4.27. The summed E-state index contributed by atoms with van der Waals surface area (Å²) in [6.45, 7) is 7.66. The molecule has 0 spiro atoms. The molecule has 22 heavy (non-hydrogen) atoms. The van der Waals surface area contributed by atoms with Gasteiger partial charge in [0.15, 0.2) is 0 Å². The molecule has 1 aromatic carbocycles. The van der Waals surface area contributed by atoms with Gasteiger partial charge >= 0.3 is 0 Å². The van der Waals surface area contributed by atoms with E-state index >= 15 is 0 Å². The first-order valence-corrected chi connectivity index (χ1v) is 8.19. The number of hydrogen-bond acceptors (Lipinski definition) is 4. The van der Waals surface area contributed by atoms with Crippen molar-refractivity contribution in [1.82, 2.24) is 15.4 Å². The van der Waals surface area contributed by atoms with Crippen molar-refractivity contribution in [1.29, 1.82) is 0 Å². The van der Waals surface area contributed by atoms with E-state index in [0.717, 1.165) is 6.54 Å². The van der Waals surface area contributed by atoms with E-state index < -0.39 is 10.0 Å². The zero-order valence-electron chi connectivity index (χ0n) is 12.5. The lowest BCUT2D eigenvalue weighted by Gasteiger charge is -2.07. The lowest BCUT2D eigenvalue weighted by atomic mass is 10.2. The standard InChI is InChI=1S/C14H21N3O3S.ClH/c1-3-9-17-21(19,20)13-7-5-12(6-8-13)14(18)16-11-10-15-4-2;/h3,5-8,15,17H,1,4,9-11H2,2H3,(H,16,18);1H. The average molecular weight is 348 g/mol. The molecule has 0 fully saturated rings. The van der Waals surface area contributed by atoms with Gasteiger partial charge in [-0.3, -0.25) is 4.79 Å². The van der Waals surface area contributed by atoms with E-state index in [1.54, 1.807) is 0 Å². The largest absolute Gasteiger partial charge is 0.351 e. The van der Waals surface area contributed by atoms with Gasteiger partial charge in [-0.05, 0) is 30.8 Å². The van der Waals surface area contributed by atoms with Crippen LogP contribution in [-0.4, -0.2) is 40.5 Å². The van der Waals surface area contributed by atoms with Crippen molar-refractivity contribution in [3.05, 3.63) is 42.5 Å². The third-order valence-corrected chi connectivity index (χ3v) is 4.12. The molecule has 124 valence electrons. The summed E-state index contributed by atoms with van der Waals surface area (Å²) in [5.74, 6) is -0.226. The Morgan fingerprint density at radius 3 is 2.41 bits per heavy atom. The molecule has 8 heteroatoms. The van der Waals surface area contributed by atoms with Gasteiger partial charge < -0.3 is 10.6 Å². The Morgan fingerprint density at radius 1 is 1.23 bits per heavy atom.